The summed E-state index contributed by atoms with van der Waals surface area (Å²) in [6, 6.07) is 23.0. The first-order chi connectivity index (χ1) is 20.1. The Balaban J connectivity index is 1.33. The maximum Gasteiger partial charge on any atom is 0.409 e. The molecule has 3 aromatic carbocycles. The molecule has 0 aliphatic carbocycles. The first kappa shape index (κ1) is 25.9. The van der Waals surface area contributed by atoms with Crippen LogP contribution in [0.3, 0.4) is 0 Å². The molecule has 0 radical (unpaired) electrons. The van der Waals surface area contributed by atoms with E-state index in [4.69, 9.17) is 10.5 Å². The second-order valence-corrected chi connectivity index (χ2v) is 9.89. The molecule has 3 heterocycles. The first-order valence-electron chi connectivity index (χ1n) is 13.4. The molecular weight excluding hydrogens is 518 g/mol. The fourth-order valence-corrected chi connectivity index (χ4v) is 5.34. The van der Waals surface area contributed by atoms with Crippen molar-refractivity contribution in [3.63, 3.8) is 0 Å². The van der Waals surface area contributed by atoms with Gasteiger partial charge in [-0.05, 0) is 47.4 Å². The summed E-state index contributed by atoms with van der Waals surface area (Å²) in [5, 5.41) is 14.4. The molecule has 10 heteroatoms. The molecule has 6 aromatic rings. The van der Waals surface area contributed by atoms with Crippen LogP contribution in [0.25, 0.3) is 21.8 Å². The van der Waals surface area contributed by atoms with Gasteiger partial charge in [0.25, 0.3) is 0 Å². The molecule has 0 bridgehead atoms. The molecule has 206 valence electrons. The second kappa shape index (κ2) is 11.4. The van der Waals surface area contributed by atoms with Crippen molar-refractivity contribution in [3.8, 4) is 5.75 Å². The summed E-state index contributed by atoms with van der Waals surface area (Å²) >= 11 is 0. The number of H-pyrrole nitrogens is 2. The molecular formula is C31H29N7O3. The third kappa shape index (κ3) is 5.53. The minimum absolute atomic E-state index is 0.365. The smallest absolute Gasteiger partial charge is 0.409 e. The SMILES string of the molecule is NC(=O)Oc1ccc(Cn2c(CCc3c[nH]c4ccccc34)nnc2[C@@H](Cc2c[nH]c3ccccc23)NC=O)cc1. The number of hydrogen-bond donors (Lipinski definition) is 4. The van der Waals surface area contributed by atoms with E-state index in [9.17, 15) is 9.59 Å². The molecule has 10 nitrogen and oxygen atoms in total. The lowest BCUT2D eigenvalue weighted by Crippen LogP contribution is -2.26. The molecule has 0 saturated carbocycles. The third-order valence-corrected chi connectivity index (χ3v) is 7.31. The Kier molecular flexibility index (Phi) is 7.19. The monoisotopic (exact) mass is 547 g/mol. The third-order valence-electron chi connectivity index (χ3n) is 7.31. The van der Waals surface area contributed by atoms with Crippen molar-refractivity contribution in [1.29, 1.82) is 0 Å². The predicted octanol–water partition coefficient (Wildman–Crippen LogP) is 4.56. The normalized spacial score (nSPS) is 12.0. The standard InChI is InChI=1S/C31H29N7O3/c32-31(40)41-23-12-9-20(10-13-23)18-38-29(14-11-21-16-33-26-7-3-1-5-24(21)26)36-37-30(38)28(35-19-39)15-22-17-34-27-8-4-2-6-25(22)27/h1-10,12-13,16-17,19,28,33-34H,11,14-15,18H2,(H2,32,40)(H,35,39)/t28-/m1/s1. The summed E-state index contributed by atoms with van der Waals surface area (Å²) in [6.07, 6.45) is 5.81. The van der Waals surface area contributed by atoms with Crippen LogP contribution in [-0.4, -0.2) is 37.2 Å². The highest BCUT2D eigenvalue weighted by Crippen LogP contribution is 2.26. The van der Waals surface area contributed by atoms with Crippen molar-refractivity contribution in [2.24, 2.45) is 5.73 Å². The summed E-state index contributed by atoms with van der Waals surface area (Å²) in [5.74, 6) is 1.83. The average Bonchev–Trinajstić information content (AvgIpc) is 3.70. The van der Waals surface area contributed by atoms with E-state index in [0.717, 1.165) is 39.8 Å². The number of carbonyl (C=O) groups excluding carboxylic acids is 2. The van der Waals surface area contributed by atoms with Gasteiger partial charge in [-0.2, -0.15) is 0 Å². The molecule has 41 heavy (non-hydrogen) atoms. The van der Waals surface area contributed by atoms with E-state index in [2.05, 4.69) is 48.2 Å². The maximum absolute atomic E-state index is 11.8. The Morgan fingerprint density at radius 3 is 2.24 bits per heavy atom. The topological polar surface area (TPSA) is 144 Å². The Hall–Kier alpha value is -5.38. The van der Waals surface area contributed by atoms with Crippen molar-refractivity contribution in [3.05, 3.63) is 114 Å². The number of fused-ring (bicyclic) bond motifs is 2. The van der Waals surface area contributed by atoms with Crippen LogP contribution in [0.4, 0.5) is 4.79 Å². The van der Waals surface area contributed by atoms with Gasteiger partial charge in [0.2, 0.25) is 6.41 Å². The zero-order chi connectivity index (χ0) is 28.2. The van der Waals surface area contributed by atoms with Crippen LogP contribution >= 0.6 is 0 Å². The first-order valence-corrected chi connectivity index (χ1v) is 13.4. The number of para-hydroxylation sites is 2. The zero-order valence-electron chi connectivity index (χ0n) is 22.2. The van der Waals surface area contributed by atoms with Gasteiger partial charge in [0.15, 0.2) is 5.82 Å². The predicted molar refractivity (Wildman–Crippen MR) is 155 cm³/mol. The lowest BCUT2D eigenvalue weighted by molar-refractivity contribution is -0.110. The summed E-state index contributed by atoms with van der Waals surface area (Å²) in [5.41, 5.74) is 10.5. The molecule has 0 aliphatic rings. The molecule has 1 atom stereocenters. The van der Waals surface area contributed by atoms with Crippen molar-refractivity contribution in [2.45, 2.75) is 31.8 Å². The number of aromatic amines is 2. The molecule has 3 aromatic heterocycles. The molecule has 0 aliphatic heterocycles. The molecule has 5 N–H and O–H groups in total. The van der Waals surface area contributed by atoms with Gasteiger partial charge < -0.3 is 30.3 Å². The van der Waals surface area contributed by atoms with Crippen molar-refractivity contribution in [2.75, 3.05) is 0 Å². The van der Waals surface area contributed by atoms with E-state index in [1.54, 1.807) is 12.1 Å². The van der Waals surface area contributed by atoms with E-state index >= 15 is 0 Å². The number of hydrogen-bond acceptors (Lipinski definition) is 5. The zero-order valence-corrected chi connectivity index (χ0v) is 22.2. The number of aryl methyl sites for hydroxylation is 2. The van der Waals surface area contributed by atoms with Crippen LogP contribution in [0.2, 0.25) is 0 Å². The van der Waals surface area contributed by atoms with E-state index in [1.165, 1.54) is 10.9 Å². The summed E-state index contributed by atoms with van der Waals surface area (Å²) < 4.78 is 7.05. The van der Waals surface area contributed by atoms with Crippen molar-refractivity contribution < 1.29 is 14.3 Å². The van der Waals surface area contributed by atoms with Crippen molar-refractivity contribution in [1.82, 2.24) is 30.0 Å². The largest absolute Gasteiger partial charge is 0.411 e. The molecule has 6 rings (SSSR count). The number of primary amides is 1. The minimum atomic E-state index is -0.863. The van der Waals surface area contributed by atoms with E-state index in [1.807, 2.05) is 54.9 Å². The number of rotatable bonds is 11. The van der Waals surface area contributed by atoms with Gasteiger partial charge in [-0.15, -0.1) is 10.2 Å². The van der Waals surface area contributed by atoms with Gasteiger partial charge in [0.1, 0.15) is 11.6 Å². The molecule has 0 spiro atoms. The summed E-state index contributed by atoms with van der Waals surface area (Å²) in [6.45, 7) is 0.466. The van der Waals surface area contributed by atoms with Gasteiger partial charge in [-0.3, -0.25) is 4.79 Å². The van der Waals surface area contributed by atoms with Crippen LogP contribution in [-0.2, 0) is 30.6 Å². The number of nitrogens with two attached hydrogens (primary N) is 1. The summed E-state index contributed by atoms with van der Waals surface area (Å²) in [7, 11) is 0. The van der Waals surface area contributed by atoms with Gasteiger partial charge >= 0.3 is 6.09 Å². The van der Waals surface area contributed by atoms with Gasteiger partial charge in [-0.25, -0.2) is 4.79 Å². The van der Waals surface area contributed by atoms with E-state index in [-0.39, 0.29) is 0 Å². The number of aromatic nitrogens is 5. The van der Waals surface area contributed by atoms with Gasteiger partial charge in [0, 0.05) is 47.0 Å². The number of benzene rings is 3. The minimum Gasteiger partial charge on any atom is -0.411 e. The highest BCUT2D eigenvalue weighted by atomic mass is 16.5. The average molecular weight is 548 g/mol. The highest BCUT2D eigenvalue weighted by molar-refractivity contribution is 5.83. The fraction of sp³-hybridized carbons (Fsp3) is 0.161. The van der Waals surface area contributed by atoms with E-state index in [0.29, 0.717) is 37.4 Å². The molecule has 2 amide bonds. The van der Waals surface area contributed by atoms with Crippen LogP contribution in [0, 0.1) is 0 Å². The second-order valence-electron chi connectivity index (χ2n) is 9.89. The Bertz CT molecular complexity index is 1820. The lowest BCUT2D eigenvalue weighted by Gasteiger charge is -2.18. The lowest BCUT2D eigenvalue weighted by atomic mass is 10.0. The van der Waals surface area contributed by atoms with Crippen LogP contribution in [0.15, 0.2) is 85.2 Å². The molecule has 0 saturated heterocycles. The number of carbonyl (C=O) groups is 2. The summed E-state index contributed by atoms with van der Waals surface area (Å²) in [4.78, 5) is 29.5. The van der Waals surface area contributed by atoms with Crippen LogP contribution < -0.4 is 15.8 Å². The van der Waals surface area contributed by atoms with E-state index < -0.39 is 12.1 Å². The number of ether oxygens (including phenoxy) is 1. The maximum atomic E-state index is 11.8. The quantitative estimate of drug-likeness (QED) is 0.176. The Morgan fingerprint density at radius 1 is 0.902 bits per heavy atom. The van der Waals surface area contributed by atoms with Crippen LogP contribution in [0.1, 0.15) is 34.4 Å². The molecule has 0 unspecified atom stereocenters. The number of nitrogens with zero attached hydrogens (tertiary/aromatic N) is 3. The molecule has 0 fully saturated rings. The highest BCUT2D eigenvalue weighted by Gasteiger charge is 2.23. The Morgan fingerprint density at radius 2 is 1.56 bits per heavy atom. The van der Waals surface area contributed by atoms with Crippen LogP contribution in [0.5, 0.6) is 5.75 Å². The van der Waals surface area contributed by atoms with Gasteiger partial charge in [0.05, 0.1) is 12.6 Å². The van der Waals surface area contributed by atoms with Crippen molar-refractivity contribution >= 4 is 34.3 Å². The number of nitrogens with one attached hydrogen (secondary N) is 3. The van der Waals surface area contributed by atoms with Gasteiger partial charge in [-0.1, -0.05) is 48.5 Å². The fourth-order valence-electron chi connectivity index (χ4n) is 5.34. The Labute approximate surface area is 235 Å². The number of amides is 2.